The maximum atomic E-state index is 14.8. The van der Waals surface area contributed by atoms with Gasteiger partial charge in [-0.05, 0) is 63.8 Å². The minimum absolute atomic E-state index is 0.120. The minimum atomic E-state index is -0.238. The third-order valence-electron chi connectivity index (χ3n) is 4.84. The van der Waals surface area contributed by atoms with Crippen LogP contribution in [-0.2, 0) is 0 Å². The quantitative estimate of drug-likeness (QED) is 0.463. The number of fused-ring (bicyclic) bond motifs is 1. The standard InChI is InChI=1S/C22H25FN2S/c1-6-25-20-12-18(23)16(11-17(20)15(2)13-22(25,3)4)14-24-19-9-7-8-10-21(19)26-5/h7-14H,6H2,1-5H3. The highest BCUT2D eigenvalue weighted by Gasteiger charge is 2.30. The first-order valence-electron chi connectivity index (χ1n) is 8.85. The van der Waals surface area contributed by atoms with Gasteiger partial charge in [-0.25, -0.2) is 4.39 Å². The van der Waals surface area contributed by atoms with Crippen LogP contribution in [0.15, 0.2) is 52.4 Å². The van der Waals surface area contributed by atoms with Crippen LogP contribution in [0.2, 0.25) is 0 Å². The van der Waals surface area contributed by atoms with E-state index in [1.165, 1.54) is 5.57 Å². The molecule has 0 aliphatic carbocycles. The van der Waals surface area contributed by atoms with Crippen LogP contribution in [0.3, 0.4) is 0 Å². The average Bonchev–Trinajstić information content (AvgIpc) is 2.60. The maximum Gasteiger partial charge on any atom is 0.134 e. The predicted molar refractivity (Wildman–Crippen MR) is 113 cm³/mol. The van der Waals surface area contributed by atoms with Crippen molar-refractivity contribution in [3.05, 3.63) is 59.4 Å². The second kappa shape index (κ2) is 7.28. The Bertz CT molecular complexity index is 884. The lowest BCUT2D eigenvalue weighted by Crippen LogP contribution is -2.45. The number of hydrogen-bond donors (Lipinski definition) is 0. The highest BCUT2D eigenvalue weighted by atomic mass is 32.2. The number of allylic oxidation sites excluding steroid dienone is 1. The number of hydrogen-bond acceptors (Lipinski definition) is 3. The number of likely N-dealkylation sites (N-methyl/N-ethyl adjacent to an activating group) is 1. The number of aliphatic imine (C=N–C) groups is 1. The first-order valence-corrected chi connectivity index (χ1v) is 10.1. The molecule has 136 valence electrons. The molecule has 0 fully saturated rings. The fourth-order valence-corrected chi connectivity index (χ4v) is 4.21. The highest BCUT2D eigenvalue weighted by molar-refractivity contribution is 7.98. The summed E-state index contributed by atoms with van der Waals surface area (Å²) in [5.74, 6) is -0.238. The van der Waals surface area contributed by atoms with Gasteiger partial charge >= 0.3 is 0 Å². The molecular formula is C22H25FN2S. The fourth-order valence-electron chi connectivity index (χ4n) is 3.67. The van der Waals surface area contributed by atoms with Crippen LogP contribution in [0.4, 0.5) is 15.8 Å². The van der Waals surface area contributed by atoms with E-state index in [1.807, 2.05) is 36.6 Å². The first-order chi connectivity index (χ1) is 12.4. The Hall–Kier alpha value is -2.07. The van der Waals surface area contributed by atoms with Gasteiger partial charge in [-0.2, -0.15) is 0 Å². The van der Waals surface area contributed by atoms with E-state index in [1.54, 1.807) is 24.0 Å². The van der Waals surface area contributed by atoms with Crippen molar-refractivity contribution < 1.29 is 4.39 Å². The Morgan fingerprint density at radius 1 is 1.23 bits per heavy atom. The summed E-state index contributed by atoms with van der Waals surface area (Å²) in [5.41, 5.74) is 4.46. The van der Waals surface area contributed by atoms with Gasteiger partial charge in [0.15, 0.2) is 0 Å². The monoisotopic (exact) mass is 368 g/mol. The summed E-state index contributed by atoms with van der Waals surface area (Å²) in [4.78, 5) is 7.85. The molecule has 0 atom stereocenters. The van der Waals surface area contributed by atoms with Gasteiger partial charge in [0.2, 0.25) is 0 Å². The van der Waals surface area contributed by atoms with E-state index in [0.29, 0.717) is 5.56 Å². The normalized spacial score (nSPS) is 15.9. The van der Waals surface area contributed by atoms with Crippen molar-refractivity contribution in [1.82, 2.24) is 0 Å². The fraction of sp³-hybridized carbons (Fsp3) is 0.318. The first kappa shape index (κ1) is 18.7. The van der Waals surface area contributed by atoms with Crippen LogP contribution >= 0.6 is 11.8 Å². The van der Waals surface area contributed by atoms with E-state index >= 15 is 0 Å². The van der Waals surface area contributed by atoms with E-state index in [4.69, 9.17) is 0 Å². The number of halogens is 1. The van der Waals surface area contributed by atoms with Gasteiger partial charge < -0.3 is 4.90 Å². The Labute approximate surface area is 159 Å². The molecule has 2 aromatic carbocycles. The van der Waals surface area contributed by atoms with Crippen molar-refractivity contribution in [1.29, 1.82) is 0 Å². The number of benzene rings is 2. The van der Waals surface area contributed by atoms with E-state index in [9.17, 15) is 4.39 Å². The van der Waals surface area contributed by atoms with E-state index in [0.717, 1.165) is 28.4 Å². The molecule has 1 aliphatic heterocycles. The van der Waals surface area contributed by atoms with Crippen molar-refractivity contribution in [2.24, 2.45) is 4.99 Å². The van der Waals surface area contributed by atoms with Crippen molar-refractivity contribution in [2.75, 3.05) is 17.7 Å². The summed E-state index contributed by atoms with van der Waals surface area (Å²) in [5, 5.41) is 0. The van der Waals surface area contributed by atoms with Crippen molar-refractivity contribution in [3.63, 3.8) is 0 Å². The molecule has 0 bridgehead atoms. The summed E-state index contributed by atoms with van der Waals surface area (Å²) in [6.07, 6.45) is 5.90. The zero-order chi connectivity index (χ0) is 18.9. The Morgan fingerprint density at radius 2 is 1.96 bits per heavy atom. The number of thioether (sulfide) groups is 1. The molecule has 2 nitrogen and oxygen atoms in total. The summed E-state index contributed by atoms with van der Waals surface area (Å²) in [6.45, 7) is 9.35. The predicted octanol–water partition coefficient (Wildman–Crippen LogP) is 6.32. The third-order valence-corrected chi connectivity index (χ3v) is 5.63. The molecule has 0 N–H and O–H groups in total. The molecule has 0 radical (unpaired) electrons. The van der Waals surface area contributed by atoms with E-state index in [-0.39, 0.29) is 11.4 Å². The molecule has 3 rings (SSSR count). The minimum Gasteiger partial charge on any atom is -0.363 e. The molecule has 1 aliphatic rings. The second-order valence-corrected chi connectivity index (χ2v) is 7.89. The van der Waals surface area contributed by atoms with Gasteiger partial charge in [0.25, 0.3) is 0 Å². The summed E-state index contributed by atoms with van der Waals surface area (Å²) in [6, 6.07) is 11.5. The van der Waals surface area contributed by atoms with Crippen LogP contribution in [-0.4, -0.2) is 24.6 Å². The Morgan fingerprint density at radius 3 is 2.65 bits per heavy atom. The van der Waals surface area contributed by atoms with Gasteiger partial charge in [0, 0.05) is 34.5 Å². The van der Waals surface area contributed by atoms with Crippen LogP contribution in [0.5, 0.6) is 0 Å². The molecule has 26 heavy (non-hydrogen) atoms. The number of rotatable bonds is 4. The number of para-hydroxylation sites is 1. The van der Waals surface area contributed by atoms with Gasteiger partial charge in [0.1, 0.15) is 5.82 Å². The topological polar surface area (TPSA) is 15.6 Å². The molecule has 0 saturated carbocycles. The summed E-state index contributed by atoms with van der Waals surface area (Å²) >= 11 is 1.64. The Kier molecular flexibility index (Phi) is 5.24. The average molecular weight is 369 g/mol. The summed E-state index contributed by atoms with van der Waals surface area (Å²) in [7, 11) is 0. The molecule has 0 unspecified atom stereocenters. The van der Waals surface area contributed by atoms with Crippen LogP contribution < -0.4 is 4.90 Å². The van der Waals surface area contributed by atoms with Crippen molar-refractivity contribution >= 4 is 34.9 Å². The van der Waals surface area contributed by atoms with Crippen molar-refractivity contribution in [2.45, 2.75) is 38.1 Å². The van der Waals surface area contributed by atoms with Gasteiger partial charge in [0.05, 0.1) is 11.2 Å². The van der Waals surface area contributed by atoms with Crippen LogP contribution in [0, 0.1) is 5.82 Å². The third kappa shape index (κ3) is 3.43. The SMILES string of the molecule is CCN1c2cc(F)c(C=Nc3ccccc3SC)cc2C(C)=CC1(C)C. The highest BCUT2D eigenvalue weighted by Crippen LogP contribution is 2.39. The van der Waals surface area contributed by atoms with Gasteiger partial charge in [-0.1, -0.05) is 18.2 Å². The Balaban J connectivity index is 2.04. The molecule has 0 spiro atoms. The lowest BCUT2D eigenvalue weighted by atomic mass is 9.88. The molecule has 0 saturated heterocycles. The molecule has 2 aromatic rings. The largest absolute Gasteiger partial charge is 0.363 e. The van der Waals surface area contributed by atoms with E-state index in [2.05, 4.69) is 43.7 Å². The van der Waals surface area contributed by atoms with Crippen LogP contribution in [0.1, 0.15) is 38.8 Å². The molecule has 1 heterocycles. The molecule has 0 aromatic heterocycles. The zero-order valence-corrected chi connectivity index (χ0v) is 16.8. The van der Waals surface area contributed by atoms with Crippen LogP contribution in [0.25, 0.3) is 5.57 Å². The number of nitrogens with zero attached hydrogens (tertiary/aromatic N) is 2. The maximum absolute atomic E-state index is 14.8. The number of anilines is 1. The van der Waals surface area contributed by atoms with E-state index < -0.39 is 0 Å². The van der Waals surface area contributed by atoms with Crippen molar-refractivity contribution in [3.8, 4) is 0 Å². The zero-order valence-electron chi connectivity index (χ0n) is 16.0. The molecule has 4 heteroatoms. The summed E-state index contributed by atoms with van der Waals surface area (Å²) < 4.78 is 14.8. The molecule has 0 amide bonds. The lowest BCUT2D eigenvalue weighted by Gasteiger charge is -2.42. The van der Waals surface area contributed by atoms with Gasteiger partial charge in [-0.3, -0.25) is 4.99 Å². The molecular weight excluding hydrogens is 343 g/mol. The van der Waals surface area contributed by atoms with Gasteiger partial charge in [-0.15, -0.1) is 11.8 Å². The lowest BCUT2D eigenvalue weighted by molar-refractivity contribution is 0.561. The second-order valence-electron chi connectivity index (χ2n) is 7.05. The smallest absolute Gasteiger partial charge is 0.134 e.